The Hall–Kier alpha value is -3.84. The van der Waals surface area contributed by atoms with Crippen LogP contribution in [-0.4, -0.2) is 28.6 Å². The first-order valence-electron chi connectivity index (χ1n) is 10.2. The summed E-state index contributed by atoms with van der Waals surface area (Å²) >= 11 is 0. The molecule has 0 saturated heterocycles. The molecular weight excluding hydrogens is 422 g/mol. The van der Waals surface area contributed by atoms with E-state index in [4.69, 9.17) is 0 Å². The number of nitrogens with zero attached hydrogens (tertiary/aromatic N) is 3. The minimum atomic E-state index is -3.66. The van der Waals surface area contributed by atoms with Crippen molar-refractivity contribution < 1.29 is 13.2 Å². The molecule has 0 radical (unpaired) electrons. The topological polar surface area (TPSA) is 81.4 Å². The SMILES string of the molecule is O=C(CCc1ccc(S(=O)(=O)c2cccc3ccccc23)cc1)c1cnc2nccn2c1. The Kier molecular flexibility index (Phi) is 5.03. The van der Waals surface area contributed by atoms with Gasteiger partial charge < -0.3 is 0 Å². The van der Waals surface area contributed by atoms with Crippen LogP contribution in [0.1, 0.15) is 22.3 Å². The molecule has 0 amide bonds. The predicted molar refractivity (Wildman–Crippen MR) is 121 cm³/mol. The van der Waals surface area contributed by atoms with Crippen molar-refractivity contribution in [3.05, 3.63) is 103 Å². The average molecular weight is 442 g/mol. The number of carbonyl (C=O) groups excluding carboxylic acids is 1. The molecule has 2 heterocycles. The molecule has 0 spiro atoms. The maximum absolute atomic E-state index is 13.2. The van der Waals surface area contributed by atoms with Gasteiger partial charge >= 0.3 is 0 Å². The highest BCUT2D eigenvalue weighted by molar-refractivity contribution is 7.91. The van der Waals surface area contributed by atoms with E-state index in [1.54, 1.807) is 59.4 Å². The van der Waals surface area contributed by atoms with Crippen LogP contribution in [0, 0.1) is 0 Å². The number of aromatic nitrogens is 3. The number of sulfone groups is 1. The van der Waals surface area contributed by atoms with Gasteiger partial charge in [-0.15, -0.1) is 0 Å². The summed E-state index contributed by atoms with van der Waals surface area (Å²) in [6, 6.07) is 19.5. The molecule has 5 rings (SSSR count). The normalized spacial score (nSPS) is 11.8. The van der Waals surface area contributed by atoms with Crippen LogP contribution in [0.2, 0.25) is 0 Å². The Balaban J connectivity index is 1.34. The van der Waals surface area contributed by atoms with Crippen molar-refractivity contribution in [3.8, 4) is 0 Å². The van der Waals surface area contributed by atoms with Crippen molar-refractivity contribution in [3.63, 3.8) is 0 Å². The third kappa shape index (κ3) is 3.67. The van der Waals surface area contributed by atoms with Crippen molar-refractivity contribution in [1.29, 1.82) is 0 Å². The van der Waals surface area contributed by atoms with Gasteiger partial charge in [-0.25, -0.2) is 18.4 Å². The molecule has 3 aromatic carbocycles. The molecular formula is C25H19N3O3S. The van der Waals surface area contributed by atoms with Crippen molar-refractivity contribution in [2.24, 2.45) is 0 Å². The van der Waals surface area contributed by atoms with Gasteiger partial charge in [-0.05, 0) is 35.6 Å². The summed E-state index contributed by atoms with van der Waals surface area (Å²) in [6.07, 6.45) is 7.44. The van der Waals surface area contributed by atoms with Gasteiger partial charge in [-0.3, -0.25) is 9.20 Å². The molecule has 0 aliphatic heterocycles. The van der Waals surface area contributed by atoms with Crippen molar-refractivity contribution in [2.75, 3.05) is 0 Å². The summed E-state index contributed by atoms with van der Waals surface area (Å²) in [5.74, 6) is 0.519. The summed E-state index contributed by atoms with van der Waals surface area (Å²) < 4.78 is 28.2. The van der Waals surface area contributed by atoms with Crippen LogP contribution >= 0.6 is 0 Å². The molecule has 158 valence electrons. The number of imidazole rings is 1. The van der Waals surface area contributed by atoms with E-state index in [0.717, 1.165) is 10.9 Å². The van der Waals surface area contributed by atoms with Gasteiger partial charge in [0.15, 0.2) is 5.78 Å². The standard InChI is InChI=1S/C25H19N3O3S/c29-23(20-16-27-25-26-14-15-28(25)17-20)13-10-18-8-11-21(12-9-18)32(30,31)24-7-3-5-19-4-1-2-6-22(19)24/h1-9,11-12,14-17H,10,13H2. The predicted octanol–water partition coefficient (Wildman–Crippen LogP) is 4.53. The van der Waals surface area contributed by atoms with Gasteiger partial charge in [0.2, 0.25) is 15.6 Å². The lowest BCUT2D eigenvalue weighted by Gasteiger charge is -2.09. The molecule has 0 N–H and O–H groups in total. The van der Waals surface area contributed by atoms with Crippen LogP contribution in [0.4, 0.5) is 0 Å². The Labute approximate surface area is 185 Å². The molecule has 0 saturated carbocycles. The maximum atomic E-state index is 13.2. The van der Waals surface area contributed by atoms with Crippen LogP contribution in [0.3, 0.4) is 0 Å². The number of benzene rings is 3. The zero-order chi connectivity index (χ0) is 22.1. The Bertz CT molecular complexity index is 1550. The minimum Gasteiger partial charge on any atom is -0.294 e. The number of rotatable bonds is 6. The summed E-state index contributed by atoms with van der Waals surface area (Å²) in [5, 5.41) is 1.58. The lowest BCUT2D eigenvalue weighted by atomic mass is 10.0. The molecule has 5 aromatic rings. The Morgan fingerprint density at radius 1 is 0.906 bits per heavy atom. The third-order valence-electron chi connectivity index (χ3n) is 5.48. The van der Waals surface area contributed by atoms with Gasteiger partial charge in [0.25, 0.3) is 0 Å². The lowest BCUT2D eigenvalue weighted by Crippen LogP contribution is -2.05. The molecule has 6 nitrogen and oxygen atoms in total. The van der Waals surface area contributed by atoms with E-state index >= 15 is 0 Å². The summed E-state index contributed by atoms with van der Waals surface area (Å²) in [7, 11) is -3.66. The first-order valence-corrected chi connectivity index (χ1v) is 11.6. The van der Waals surface area contributed by atoms with Crippen LogP contribution < -0.4 is 0 Å². The highest BCUT2D eigenvalue weighted by Crippen LogP contribution is 2.28. The molecule has 2 aromatic heterocycles. The summed E-state index contributed by atoms with van der Waals surface area (Å²) in [6.45, 7) is 0. The fourth-order valence-corrected chi connectivity index (χ4v) is 5.24. The van der Waals surface area contributed by atoms with E-state index in [9.17, 15) is 13.2 Å². The maximum Gasteiger partial charge on any atom is 0.233 e. The zero-order valence-electron chi connectivity index (χ0n) is 17.0. The van der Waals surface area contributed by atoms with Crippen molar-refractivity contribution >= 4 is 32.2 Å². The van der Waals surface area contributed by atoms with Gasteiger partial charge in [0, 0.05) is 36.6 Å². The lowest BCUT2D eigenvalue weighted by molar-refractivity contribution is 0.0982. The number of fused-ring (bicyclic) bond motifs is 2. The zero-order valence-corrected chi connectivity index (χ0v) is 17.9. The largest absolute Gasteiger partial charge is 0.294 e. The van der Waals surface area contributed by atoms with Gasteiger partial charge in [-0.1, -0.05) is 48.5 Å². The minimum absolute atomic E-state index is 0.0273. The molecule has 32 heavy (non-hydrogen) atoms. The Morgan fingerprint density at radius 3 is 2.53 bits per heavy atom. The van der Waals surface area contributed by atoms with Gasteiger partial charge in [0.1, 0.15) is 0 Å². The fraction of sp³-hybridized carbons (Fsp3) is 0.0800. The van der Waals surface area contributed by atoms with E-state index in [1.807, 2.05) is 30.3 Å². The highest BCUT2D eigenvalue weighted by Gasteiger charge is 2.20. The molecule has 0 bridgehead atoms. The van der Waals surface area contributed by atoms with E-state index in [1.165, 1.54) is 6.20 Å². The number of aryl methyl sites for hydroxylation is 1. The van der Waals surface area contributed by atoms with E-state index in [2.05, 4.69) is 9.97 Å². The highest BCUT2D eigenvalue weighted by atomic mass is 32.2. The second kappa shape index (κ2) is 8.01. The summed E-state index contributed by atoms with van der Waals surface area (Å²) in [4.78, 5) is 21.3. The first-order chi connectivity index (χ1) is 15.5. The summed E-state index contributed by atoms with van der Waals surface area (Å²) in [5.41, 5.74) is 1.41. The van der Waals surface area contributed by atoms with Crippen molar-refractivity contribution in [1.82, 2.24) is 14.4 Å². The van der Waals surface area contributed by atoms with E-state index in [-0.39, 0.29) is 10.7 Å². The van der Waals surface area contributed by atoms with Gasteiger partial charge in [-0.2, -0.15) is 0 Å². The molecule has 0 aliphatic carbocycles. The van der Waals surface area contributed by atoms with Crippen LogP contribution in [0.15, 0.2) is 101 Å². The number of Topliss-reactive ketones (excluding diaryl/α,β-unsaturated/α-hetero) is 1. The van der Waals surface area contributed by atoms with Crippen LogP contribution in [0.25, 0.3) is 16.6 Å². The molecule has 0 atom stereocenters. The van der Waals surface area contributed by atoms with E-state index in [0.29, 0.717) is 34.5 Å². The average Bonchev–Trinajstić information content (AvgIpc) is 3.30. The molecule has 0 unspecified atom stereocenters. The Morgan fingerprint density at radius 2 is 1.69 bits per heavy atom. The monoisotopic (exact) mass is 441 g/mol. The number of carbonyl (C=O) groups is 1. The number of hydrogen-bond donors (Lipinski definition) is 0. The number of ketones is 1. The van der Waals surface area contributed by atoms with E-state index < -0.39 is 9.84 Å². The fourth-order valence-electron chi connectivity index (χ4n) is 3.75. The molecule has 0 aliphatic rings. The van der Waals surface area contributed by atoms with Crippen molar-refractivity contribution in [2.45, 2.75) is 22.6 Å². The molecule has 7 heteroatoms. The second-order valence-electron chi connectivity index (χ2n) is 7.53. The van der Waals surface area contributed by atoms with Crippen LogP contribution in [-0.2, 0) is 16.3 Å². The first kappa shape index (κ1) is 20.1. The third-order valence-corrected chi connectivity index (χ3v) is 7.31. The van der Waals surface area contributed by atoms with Crippen LogP contribution in [0.5, 0.6) is 0 Å². The van der Waals surface area contributed by atoms with Gasteiger partial charge in [0.05, 0.1) is 15.4 Å². The second-order valence-corrected chi connectivity index (χ2v) is 9.44. The number of hydrogen-bond acceptors (Lipinski definition) is 5. The smallest absolute Gasteiger partial charge is 0.233 e. The quantitative estimate of drug-likeness (QED) is 0.362. The molecule has 0 fully saturated rings.